The minimum Gasteiger partial charge on any atom is -0.468 e. The maximum absolute atomic E-state index is 12.7. The fourth-order valence-corrected chi connectivity index (χ4v) is 4.50. The number of carbonyl (C=O) groups excluding carboxylic acids is 2. The van der Waals surface area contributed by atoms with Crippen molar-refractivity contribution in [2.45, 2.75) is 6.54 Å². The van der Waals surface area contributed by atoms with E-state index in [1.165, 1.54) is 29.9 Å². The summed E-state index contributed by atoms with van der Waals surface area (Å²) in [5.41, 5.74) is -0.00298. The molecule has 0 saturated carbocycles. The highest BCUT2D eigenvalue weighted by atomic mass is 35.5. The molecule has 0 fully saturated rings. The first-order valence-corrected chi connectivity index (χ1v) is 9.74. The molecule has 0 bridgehead atoms. The van der Waals surface area contributed by atoms with Crippen molar-refractivity contribution in [2.24, 2.45) is 4.99 Å². The third kappa shape index (κ3) is 4.43. The van der Waals surface area contributed by atoms with Gasteiger partial charge >= 0.3 is 5.97 Å². The SMILES string of the molecule is COC(=O)Cn1c(=NC(=O)c2cc([N+](=O)[O-])ccc2Cl)sc2cc(Cl)cc(Cl)c21. The van der Waals surface area contributed by atoms with E-state index in [4.69, 9.17) is 39.5 Å². The van der Waals surface area contributed by atoms with Crippen LogP contribution in [0.1, 0.15) is 10.4 Å². The summed E-state index contributed by atoms with van der Waals surface area (Å²) >= 11 is 19.4. The van der Waals surface area contributed by atoms with Crippen molar-refractivity contribution in [1.82, 2.24) is 4.57 Å². The molecule has 0 N–H and O–H groups in total. The number of amides is 1. The van der Waals surface area contributed by atoms with E-state index in [0.29, 0.717) is 15.2 Å². The number of nitrogens with zero attached hydrogens (tertiary/aromatic N) is 3. The van der Waals surface area contributed by atoms with Gasteiger partial charge in [0.2, 0.25) is 0 Å². The third-order valence-corrected chi connectivity index (χ3v) is 5.66. The van der Waals surface area contributed by atoms with Crippen LogP contribution in [0.2, 0.25) is 15.1 Å². The summed E-state index contributed by atoms with van der Waals surface area (Å²) in [7, 11) is 1.22. The number of rotatable bonds is 4. The van der Waals surface area contributed by atoms with Crippen molar-refractivity contribution < 1.29 is 19.2 Å². The van der Waals surface area contributed by atoms with Gasteiger partial charge in [-0.1, -0.05) is 46.1 Å². The lowest BCUT2D eigenvalue weighted by Crippen LogP contribution is -2.22. The van der Waals surface area contributed by atoms with Crippen LogP contribution < -0.4 is 4.80 Å². The van der Waals surface area contributed by atoms with Crippen molar-refractivity contribution in [3.63, 3.8) is 0 Å². The standard InChI is InChI=1S/C17H10Cl3N3O5S/c1-28-14(24)7-22-15-12(20)4-8(18)5-13(15)29-17(22)21-16(25)10-6-9(23(26)27)2-3-11(10)19/h2-6H,7H2,1H3. The van der Waals surface area contributed by atoms with Crippen LogP contribution in [0, 0.1) is 10.1 Å². The maximum atomic E-state index is 12.7. The lowest BCUT2D eigenvalue weighted by Gasteiger charge is -2.05. The Morgan fingerprint density at radius 1 is 1.21 bits per heavy atom. The Labute approximate surface area is 182 Å². The number of hydrogen-bond acceptors (Lipinski definition) is 6. The van der Waals surface area contributed by atoms with E-state index in [1.807, 2.05) is 0 Å². The van der Waals surface area contributed by atoms with E-state index in [1.54, 1.807) is 6.07 Å². The Balaban J connectivity index is 2.22. The van der Waals surface area contributed by atoms with Gasteiger partial charge in [0.05, 0.1) is 37.9 Å². The summed E-state index contributed by atoms with van der Waals surface area (Å²) in [6.45, 7) is -0.257. The number of fused-ring (bicyclic) bond motifs is 1. The van der Waals surface area contributed by atoms with Gasteiger partial charge in [0.25, 0.3) is 11.6 Å². The van der Waals surface area contributed by atoms with Crippen LogP contribution in [-0.4, -0.2) is 28.5 Å². The van der Waals surface area contributed by atoms with Gasteiger partial charge in [-0.3, -0.25) is 19.7 Å². The number of carbonyl (C=O) groups is 2. The second-order valence-electron chi connectivity index (χ2n) is 5.62. The van der Waals surface area contributed by atoms with Crippen LogP contribution in [0.3, 0.4) is 0 Å². The number of hydrogen-bond donors (Lipinski definition) is 0. The highest BCUT2D eigenvalue weighted by Crippen LogP contribution is 2.30. The number of aromatic nitrogens is 1. The van der Waals surface area contributed by atoms with Crippen molar-refractivity contribution >= 4 is 73.9 Å². The first kappa shape index (κ1) is 21.3. The highest BCUT2D eigenvalue weighted by Gasteiger charge is 2.18. The molecule has 8 nitrogen and oxygen atoms in total. The highest BCUT2D eigenvalue weighted by molar-refractivity contribution is 7.16. The fraction of sp³-hybridized carbons (Fsp3) is 0.118. The minimum absolute atomic E-state index is 0.00561. The number of non-ortho nitro benzene ring substituents is 1. The van der Waals surface area contributed by atoms with Gasteiger partial charge in [-0.25, -0.2) is 0 Å². The smallest absolute Gasteiger partial charge is 0.325 e. The predicted molar refractivity (Wildman–Crippen MR) is 110 cm³/mol. The molecule has 0 spiro atoms. The van der Waals surface area contributed by atoms with Crippen LogP contribution in [0.4, 0.5) is 5.69 Å². The molecule has 0 aliphatic rings. The third-order valence-electron chi connectivity index (χ3n) is 3.80. The quantitative estimate of drug-likeness (QED) is 0.315. The van der Waals surface area contributed by atoms with Crippen LogP contribution in [0.15, 0.2) is 35.3 Å². The molecule has 0 unspecified atom stereocenters. The molecule has 1 heterocycles. The van der Waals surface area contributed by atoms with E-state index in [9.17, 15) is 19.7 Å². The zero-order valence-corrected chi connectivity index (χ0v) is 17.6. The molecule has 0 atom stereocenters. The number of nitro groups is 1. The van der Waals surface area contributed by atoms with Crippen LogP contribution in [0.5, 0.6) is 0 Å². The number of ether oxygens (including phenoxy) is 1. The van der Waals surface area contributed by atoms with E-state index in [2.05, 4.69) is 4.99 Å². The van der Waals surface area contributed by atoms with Gasteiger partial charge in [-0.15, -0.1) is 0 Å². The van der Waals surface area contributed by atoms with Crippen molar-refractivity contribution in [3.8, 4) is 0 Å². The summed E-state index contributed by atoms with van der Waals surface area (Å²) in [5, 5.41) is 11.6. The Kier molecular flexibility index (Phi) is 6.23. The Hall–Kier alpha value is -2.46. The minimum atomic E-state index is -0.814. The molecule has 0 saturated heterocycles. The van der Waals surface area contributed by atoms with E-state index in [-0.39, 0.29) is 32.6 Å². The summed E-state index contributed by atoms with van der Waals surface area (Å²) < 4.78 is 6.69. The van der Waals surface area contributed by atoms with Crippen LogP contribution in [0.25, 0.3) is 10.2 Å². The number of nitro benzene ring substituents is 1. The fourth-order valence-electron chi connectivity index (χ4n) is 2.49. The van der Waals surface area contributed by atoms with Gasteiger partial charge in [0.1, 0.15) is 6.54 Å². The molecule has 1 amide bonds. The second kappa shape index (κ2) is 8.50. The number of esters is 1. The largest absolute Gasteiger partial charge is 0.468 e. The molecule has 29 heavy (non-hydrogen) atoms. The van der Waals surface area contributed by atoms with E-state index < -0.39 is 16.8 Å². The van der Waals surface area contributed by atoms with Crippen molar-refractivity contribution in [1.29, 1.82) is 0 Å². The lowest BCUT2D eigenvalue weighted by atomic mass is 10.2. The van der Waals surface area contributed by atoms with Gasteiger partial charge in [0.15, 0.2) is 4.80 Å². The summed E-state index contributed by atoms with van der Waals surface area (Å²) in [5.74, 6) is -1.40. The average Bonchev–Trinajstić information content (AvgIpc) is 2.98. The molecule has 3 aromatic rings. The Morgan fingerprint density at radius 2 is 1.93 bits per heavy atom. The van der Waals surface area contributed by atoms with Gasteiger partial charge in [-0.2, -0.15) is 4.99 Å². The second-order valence-corrected chi connectivity index (χ2v) is 7.88. The molecular weight excluding hydrogens is 465 g/mol. The van der Waals surface area contributed by atoms with E-state index >= 15 is 0 Å². The summed E-state index contributed by atoms with van der Waals surface area (Å²) in [6.07, 6.45) is 0. The summed E-state index contributed by atoms with van der Waals surface area (Å²) in [6, 6.07) is 6.57. The normalized spacial score (nSPS) is 11.7. The van der Waals surface area contributed by atoms with Crippen molar-refractivity contribution in [2.75, 3.05) is 7.11 Å². The number of methoxy groups -OCH3 is 1. The topological polar surface area (TPSA) is 104 Å². The molecule has 150 valence electrons. The Bertz CT molecular complexity index is 1240. The lowest BCUT2D eigenvalue weighted by molar-refractivity contribution is -0.384. The zero-order valence-electron chi connectivity index (χ0n) is 14.5. The molecule has 0 aliphatic carbocycles. The summed E-state index contributed by atoms with van der Waals surface area (Å²) in [4.78, 5) is 39.0. The number of thiazole rings is 1. The molecule has 2 aromatic carbocycles. The molecule has 12 heteroatoms. The molecule has 3 rings (SSSR count). The van der Waals surface area contributed by atoms with Gasteiger partial charge in [0, 0.05) is 17.2 Å². The zero-order chi connectivity index (χ0) is 21.3. The molecule has 1 aromatic heterocycles. The first-order valence-electron chi connectivity index (χ1n) is 7.79. The average molecular weight is 475 g/mol. The number of halogens is 3. The van der Waals surface area contributed by atoms with Crippen molar-refractivity contribution in [3.05, 3.63) is 65.9 Å². The molecular formula is C17H10Cl3N3O5S. The maximum Gasteiger partial charge on any atom is 0.325 e. The van der Waals surface area contributed by atoms with E-state index in [0.717, 1.165) is 17.4 Å². The molecule has 0 radical (unpaired) electrons. The first-order chi connectivity index (χ1) is 13.7. The Morgan fingerprint density at radius 3 is 2.59 bits per heavy atom. The number of benzene rings is 2. The predicted octanol–water partition coefficient (Wildman–Crippen LogP) is 4.49. The monoisotopic (exact) mass is 473 g/mol. The van der Waals surface area contributed by atoms with Gasteiger partial charge < -0.3 is 9.30 Å². The molecule has 0 aliphatic heterocycles. The van der Waals surface area contributed by atoms with Gasteiger partial charge in [-0.05, 0) is 18.2 Å². The van der Waals surface area contributed by atoms with Crippen LogP contribution in [-0.2, 0) is 16.1 Å². The van der Waals surface area contributed by atoms with Crippen LogP contribution >= 0.6 is 46.1 Å².